The van der Waals surface area contributed by atoms with Crippen LogP contribution >= 0.6 is 11.3 Å². The molecule has 0 aliphatic rings. The van der Waals surface area contributed by atoms with Gasteiger partial charge in [-0.05, 0) is 23.6 Å². The van der Waals surface area contributed by atoms with Crippen molar-refractivity contribution in [2.24, 2.45) is 0 Å². The number of para-hydroxylation sites is 1. The predicted octanol–water partition coefficient (Wildman–Crippen LogP) is 3.40. The predicted molar refractivity (Wildman–Crippen MR) is 98.2 cm³/mol. The molecule has 1 amide bonds. The minimum absolute atomic E-state index is 0.163. The molecule has 1 atom stereocenters. The van der Waals surface area contributed by atoms with Crippen molar-refractivity contribution in [2.75, 3.05) is 19.0 Å². The third-order valence-corrected chi connectivity index (χ3v) is 4.50. The number of nitrogens with one attached hydrogen (secondary N) is 2. The van der Waals surface area contributed by atoms with Gasteiger partial charge in [0.1, 0.15) is 6.10 Å². The van der Waals surface area contributed by atoms with E-state index in [0.29, 0.717) is 18.1 Å². The molecule has 0 saturated carbocycles. The van der Waals surface area contributed by atoms with E-state index in [2.05, 4.69) is 20.6 Å². The summed E-state index contributed by atoms with van der Waals surface area (Å²) >= 11 is 1.60. The van der Waals surface area contributed by atoms with Gasteiger partial charge in [-0.2, -0.15) is 0 Å². The molecule has 2 N–H and O–H groups in total. The molecule has 0 spiro atoms. The van der Waals surface area contributed by atoms with Crippen molar-refractivity contribution in [1.82, 2.24) is 15.3 Å². The smallest absolute Gasteiger partial charge is 0.254 e. The molecule has 0 radical (unpaired) electrons. The molecule has 25 heavy (non-hydrogen) atoms. The number of methoxy groups -OCH3 is 1. The molecule has 1 aromatic carbocycles. The maximum atomic E-state index is 12.2. The summed E-state index contributed by atoms with van der Waals surface area (Å²) in [5, 5.41) is 7.91. The van der Waals surface area contributed by atoms with Gasteiger partial charge in [0, 0.05) is 36.6 Å². The second-order valence-electron chi connectivity index (χ2n) is 5.24. The fraction of sp³-hybridized carbons (Fsp3) is 0.167. The van der Waals surface area contributed by atoms with Gasteiger partial charge >= 0.3 is 0 Å². The van der Waals surface area contributed by atoms with E-state index in [1.807, 2.05) is 47.8 Å². The average molecular weight is 354 g/mol. The first kappa shape index (κ1) is 17.1. The molecule has 7 heteroatoms. The molecule has 128 valence electrons. The number of aromatic nitrogens is 2. The number of rotatable bonds is 7. The number of carbonyl (C=O) groups is 1. The fourth-order valence-corrected chi connectivity index (χ4v) is 3.03. The Hall–Kier alpha value is -2.77. The number of amides is 1. The highest BCUT2D eigenvalue weighted by Gasteiger charge is 2.14. The van der Waals surface area contributed by atoms with Crippen molar-refractivity contribution in [2.45, 2.75) is 6.10 Å². The SMILES string of the molecule is COC(CNC(=O)c1cnc(Nc2ccccc2)nc1)c1cccs1. The van der Waals surface area contributed by atoms with E-state index >= 15 is 0 Å². The van der Waals surface area contributed by atoms with E-state index in [1.165, 1.54) is 12.4 Å². The Kier molecular flexibility index (Phi) is 5.71. The van der Waals surface area contributed by atoms with E-state index in [1.54, 1.807) is 18.4 Å². The van der Waals surface area contributed by atoms with Crippen molar-refractivity contribution in [3.05, 3.63) is 70.7 Å². The van der Waals surface area contributed by atoms with Gasteiger partial charge in [0.15, 0.2) is 0 Å². The van der Waals surface area contributed by atoms with Gasteiger partial charge in [-0.3, -0.25) is 4.79 Å². The maximum absolute atomic E-state index is 12.2. The normalized spacial score (nSPS) is 11.7. The molecular formula is C18H18N4O2S. The molecule has 6 nitrogen and oxygen atoms in total. The standard InChI is InChI=1S/C18H18N4O2S/c1-24-15(16-8-5-9-25-16)12-19-17(23)13-10-20-18(21-11-13)22-14-6-3-2-4-7-14/h2-11,15H,12H2,1H3,(H,19,23)(H,20,21,22). The number of ether oxygens (including phenoxy) is 1. The topological polar surface area (TPSA) is 76.1 Å². The zero-order valence-electron chi connectivity index (χ0n) is 13.7. The highest BCUT2D eigenvalue weighted by atomic mass is 32.1. The lowest BCUT2D eigenvalue weighted by Crippen LogP contribution is -2.29. The summed E-state index contributed by atoms with van der Waals surface area (Å²) < 4.78 is 5.42. The third-order valence-electron chi connectivity index (χ3n) is 3.54. The quantitative estimate of drug-likeness (QED) is 0.680. The summed E-state index contributed by atoms with van der Waals surface area (Å²) in [5.41, 5.74) is 1.29. The van der Waals surface area contributed by atoms with Crippen LogP contribution in [0.5, 0.6) is 0 Å². The van der Waals surface area contributed by atoms with Crippen LogP contribution in [-0.4, -0.2) is 29.5 Å². The number of nitrogens with zero attached hydrogens (tertiary/aromatic N) is 2. The van der Waals surface area contributed by atoms with Crippen LogP contribution in [0.25, 0.3) is 0 Å². The Morgan fingerprint density at radius 1 is 1.16 bits per heavy atom. The summed E-state index contributed by atoms with van der Waals surface area (Å²) in [5.74, 6) is 0.209. The van der Waals surface area contributed by atoms with Crippen molar-refractivity contribution in [3.63, 3.8) is 0 Å². The minimum atomic E-state index is -0.232. The number of anilines is 2. The van der Waals surface area contributed by atoms with Crippen LogP contribution in [0, 0.1) is 0 Å². The van der Waals surface area contributed by atoms with Crippen LogP contribution in [-0.2, 0) is 4.74 Å². The monoisotopic (exact) mass is 354 g/mol. The zero-order valence-corrected chi connectivity index (χ0v) is 14.5. The maximum Gasteiger partial charge on any atom is 0.254 e. The summed E-state index contributed by atoms with van der Waals surface area (Å²) in [4.78, 5) is 21.7. The summed E-state index contributed by atoms with van der Waals surface area (Å²) in [7, 11) is 1.63. The Morgan fingerprint density at radius 2 is 1.92 bits per heavy atom. The number of benzene rings is 1. The molecule has 2 heterocycles. The molecule has 1 unspecified atom stereocenters. The van der Waals surface area contributed by atoms with E-state index < -0.39 is 0 Å². The van der Waals surface area contributed by atoms with Gasteiger partial charge in [0.2, 0.25) is 5.95 Å². The first-order valence-corrected chi connectivity index (χ1v) is 8.63. The lowest BCUT2D eigenvalue weighted by molar-refractivity contribution is 0.0837. The van der Waals surface area contributed by atoms with Crippen molar-refractivity contribution in [1.29, 1.82) is 0 Å². The molecule has 0 aliphatic carbocycles. The van der Waals surface area contributed by atoms with E-state index in [4.69, 9.17) is 4.74 Å². The average Bonchev–Trinajstić information content (AvgIpc) is 3.18. The van der Waals surface area contributed by atoms with Crippen LogP contribution < -0.4 is 10.6 Å². The van der Waals surface area contributed by atoms with Crippen LogP contribution in [0.1, 0.15) is 21.3 Å². The lowest BCUT2D eigenvalue weighted by atomic mass is 10.2. The third kappa shape index (κ3) is 4.62. The Morgan fingerprint density at radius 3 is 2.56 bits per heavy atom. The van der Waals surface area contributed by atoms with E-state index in [0.717, 1.165) is 10.6 Å². The summed E-state index contributed by atoms with van der Waals surface area (Å²) in [6, 6.07) is 13.5. The van der Waals surface area contributed by atoms with Crippen molar-refractivity contribution < 1.29 is 9.53 Å². The first-order chi connectivity index (χ1) is 12.3. The second kappa shape index (κ2) is 8.36. The Balaban J connectivity index is 1.57. The number of hydrogen-bond donors (Lipinski definition) is 2. The van der Waals surface area contributed by atoms with E-state index in [-0.39, 0.29) is 12.0 Å². The minimum Gasteiger partial charge on any atom is -0.374 e. The van der Waals surface area contributed by atoms with E-state index in [9.17, 15) is 4.79 Å². The molecular weight excluding hydrogens is 336 g/mol. The van der Waals surface area contributed by atoms with Gasteiger partial charge in [-0.1, -0.05) is 24.3 Å². The van der Waals surface area contributed by atoms with Gasteiger partial charge < -0.3 is 15.4 Å². The number of thiophene rings is 1. The Bertz CT molecular complexity index is 792. The van der Waals surface area contributed by atoms with Crippen molar-refractivity contribution >= 4 is 28.9 Å². The van der Waals surface area contributed by atoms with Crippen molar-refractivity contribution in [3.8, 4) is 0 Å². The Labute approximate surface area is 149 Å². The summed E-state index contributed by atoms with van der Waals surface area (Å²) in [6.07, 6.45) is 2.84. The number of hydrogen-bond acceptors (Lipinski definition) is 6. The van der Waals surface area contributed by atoms with Gasteiger partial charge in [0.25, 0.3) is 5.91 Å². The van der Waals surface area contributed by atoms with Crippen LogP contribution in [0.3, 0.4) is 0 Å². The highest BCUT2D eigenvalue weighted by Crippen LogP contribution is 2.21. The van der Waals surface area contributed by atoms with Gasteiger partial charge in [-0.25, -0.2) is 9.97 Å². The molecule has 0 fully saturated rings. The fourth-order valence-electron chi connectivity index (χ4n) is 2.22. The molecule has 0 saturated heterocycles. The number of carbonyl (C=O) groups excluding carboxylic acids is 1. The van der Waals surface area contributed by atoms with Gasteiger partial charge in [0.05, 0.1) is 5.56 Å². The van der Waals surface area contributed by atoms with Crippen LogP contribution in [0.2, 0.25) is 0 Å². The van der Waals surface area contributed by atoms with Crippen LogP contribution in [0.4, 0.5) is 11.6 Å². The summed E-state index contributed by atoms with van der Waals surface area (Å²) in [6.45, 7) is 0.389. The highest BCUT2D eigenvalue weighted by molar-refractivity contribution is 7.10. The molecule has 2 aromatic heterocycles. The molecule has 3 rings (SSSR count). The first-order valence-electron chi connectivity index (χ1n) is 7.75. The van der Waals surface area contributed by atoms with Gasteiger partial charge in [-0.15, -0.1) is 11.3 Å². The second-order valence-corrected chi connectivity index (χ2v) is 6.22. The van der Waals surface area contributed by atoms with Crippen LogP contribution in [0.15, 0.2) is 60.2 Å². The largest absolute Gasteiger partial charge is 0.374 e. The molecule has 0 aliphatic heterocycles. The molecule has 3 aromatic rings. The zero-order chi connectivity index (χ0) is 17.5. The lowest BCUT2D eigenvalue weighted by Gasteiger charge is -2.14. The molecule has 0 bridgehead atoms.